The summed E-state index contributed by atoms with van der Waals surface area (Å²) in [5.41, 5.74) is 8.29. The molecule has 0 radical (unpaired) electrons. The van der Waals surface area contributed by atoms with Crippen LogP contribution >= 0.6 is 0 Å². The van der Waals surface area contributed by atoms with Crippen LogP contribution in [0, 0.1) is 5.92 Å². The van der Waals surface area contributed by atoms with Crippen LogP contribution in [0.3, 0.4) is 0 Å². The first-order chi connectivity index (χ1) is 6.30. The van der Waals surface area contributed by atoms with Crippen LogP contribution < -0.4 is 15.6 Å². The van der Waals surface area contributed by atoms with Crippen molar-refractivity contribution in [1.29, 1.82) is 0 Å². The van der Waals surface area contributed by atoms with Crippen molar-refractivity contribution < 1.29 is 4.79 Å². The first-order valence-electron chi connectivity index (χ1n) is 4.01. The van der Waals surface area contributed by atoms with E-state index >= 15 is 0 Å². The van der Waals surface area contributed by atoms with E-state index in [1.54, 1.807) is 0 Å². The average molecular weight is 313 g/mol. The zero-order chi connectivity index (χ0) is 9.52. The number of carbonyl (C=O) groups excluding carboxylic acids is 1. The van der Waals surface area contributed by atoms with Gasteiger partial charge >= 0.3 is 89.1 Å². The van der Waals surface area contributed by atoms with Crippen LogP contribution in [0.15, 0.2) is 12.2 Å². The second-order valence-electron chi connectivity index (χ2n) is 2.66. The Morgan fingerprint density at radius 1 is 1.54 bits per heavy atom. The first-order valence-corrected chi connectivity index (χ1v) is 10.4. The number of hydrazine groups is 1. The Kier molecular flexibility index (Phi) is 5.71. The van der Waals surface area contributed by atoms with Crippen LogP contribution in [0.25, 0.3) is 0 Å². The van der Waals surface area contributed by atoms with Gasteiger partial charge in [0.05, 0.1) is 0 Å². The molecule has 0 aromatic rings. The van der Waals surface area contributed by atoms with Gasteiger partial charge in [0, 0.05) is 0 Å². The van der Waals surface area contributed by atoms with Crippen molar-refractivity contribution in [1.82, 2.24) is 9.87 Å². The Balaban J connectivity index is 2.42. The molecule has 0 bridgehead atoms. The number of nitrogens with one attached hydrogen (secondary N) is 2. The standard InChI is InChI=1S/C7H13N3OSe2/c8-7(11)6-3-1-2-4-12-13-10-9-5-6/h1-2,6,9-10H,3-5H2,(H2,8,11)/b2-1+. The summed E-state index contributed by atoms with van der Waals surface area (Å²) in [4.78, 5) is 10.9. The third kappa shape index (κ3) is 4.81. The van der Waals surface area contributed by atoms with E-state index in [9.17, 15) is 4.79 Å². The van der Waals surface area contributed by atoms with Gasteiger partial charge in [0.25, 0.3) is 0 Å². The van der Waals surface area contributed by atoms with Crippen molar-refractivity contribution in [2.75, 3.05) is 6.54 Å². The molecule has 1 unspecified atom stereocenters. The zero-order valence-electron chi connectivity index (χ0n) is 7.16. The van der Waals surface area contributed by atoms with E-state index in [-0.39, 0.29) is 11.8 Å². The molecule has 0 spiro atoms. The summed E-state index contributed by atoms with van der Waals surface area (Å²) in [5, 5.41) is 1.15. The number of carbonyl (C=O) groups is 1. The Morgan fingerprint density at radius 3 is 3.15 bits per heavy atom. The maximum absolute atomic E-state index is 10.9. The van der Waals surface area contributed by atoms with E-state index in [2.05, 4.69) is 22.0 Å². The number of allylic oxidation sites excluding steroid dienone is 2. The topological polar surface area (TPSA) is 67.2 Å². The fourth-order valence-corrected chi connectivity index (χ4v) is 4.82. The normalized spacial score (nSPS) is 27.8. The zero-order valence-corrected chi connectivity index (χ0v) is 10.6. The molecule has 1 heterocycles. The molecule has 1 rings (SSSR count). The van der Waals surface area contributed by atoms with E-state index in [0.717, 1.165) is 11.7 Å². The Hall–Kier alpha value is 0.169. The van der Waals surface area contributed by atoms with Crippen molar-refractivity contribution in [3.8, 4) is 0 Å². The maximum atomic E-state index is 10.9. The van der Waals surface area contributed by atoms with Gasteiger partial charge in [0.1, 0.15) is 0 Å². The molecule has 1 amide bonds. The number of primary amides is 1. The van der Waals surface area contributed by atoms with Crippen LogP contribution in [0.2, 0.25) is 5.32 Å². The SMILES string of the molecule is NC(=O)C1C/C=C/C[Se][Se]NNC1. The number of rotatable bonds is 1. The molecule has 0 saturated carbocycles. The van der Waals surface area contributed by atoms with Crippen LogP contribution in [0.4, 0.5) is 0 Å². The van der Waals surface area contributed by atoms with Gasteiger partial charge in [-0.3, -0.25) is 0 Å². The van der Waals surface area contributed by atoms with Crippen molar-refractivity contribution in [3.05, 3.63) is 12.2 Å². The van der Waals surface area contributed by atoms with E-state index in [0.29, 0.717) is 33.0 Å². The summed E-state index contributed by atoms with van der Waals surface area (Å²) >= 11 is 1.16. The molecular weight excluding hydrogens is 300 g/mol. The Bertz CT molecular complexity index is 198. The van der Waals surface area contributed by atoms with Crippen LogP contribution in [0.1, 0.15) is 6.42 Å². The fraction of sp³-hybridized carbons (Fsp3) is 0.571. The van der Waals surface area contributed by atoms with Crippen molar-refractivity contribution in [3.63, 3.8) is 0 Å². The second kappa shape index (κ2) is 6.60. The van der Waals surface area contributed by atoms with E-state index in [1.165, 1.54) is 0 Å². The fourth-order valence-electron chi connectivity index (χ4n) is 0.926. The first kappa shape index (κ1) is 11.2. The Morgan fingerprint density at radius 2 is 2.38 bits per heavy atom. The quantitative estimate of drug-likeness (QED) is 0.421. The molecule has 1 atom stereocenters. The van der Waals surface area contributed by atoms with Gasteiger partial charge in [0.2, 0.25) is 0 Å². The van der Waals surface area contributed by atoms with E-state index in [4.69, 9.17) is 5.73 Å². The molecule has 0 aromatic heterocycles. The average Bonchev–Trinajstić information content (AvgIpc) is 2.14. The predicted molar refractivity (Wildman–Crippen MR) is 53.9 cm³/mol. The van der Waals surface area contributed by atoms with Gasteiger partial charge < -0.3 is 0 Å². The molecule has 0 fully saturated rings. The third-order valence-electron chi connectivity index (χ3n) is 1.68. The van der Waals surface area contributed by atoms with Crippen LogP contribution in [-0.4, -0.2) is 38.9 Å². The van der Waals surface area contributed by atoms with Crippen LogP contribution in [0.5, 0.6) is 0 Å². The van der Waals surface area contributed by atoms with Crippen LogP contribution in [-0.2, 0) is 4.79 Å². The molecular formula is C7H13N3OSe2. The second-order valence-corrected chi connectivity index (χ2v) is 9.02. The Labute approximate surface area is 89.1 Å². The summed E-state index contributed by atoms with van der Waals surface area (Å²) in [6.07, 6.45) is 4.98. The minimum absolute atomic E-state index is 0.0786. The van der Waals surface area contributed by atoms with Gasteiger partial charge in [-0.05, 0) is 0 Å². The molecule has 4 nitrogen and oxygen atoms in total. The molecule has 13 heavy (non-hydrogen) atoms. The third-order valence-corrected chi connectivity index (χ3v) is 6.77. The summed E-state index contributed by atoms with van der Waals surface area (Å²) in [6.45, 7) is 0.636. The predicted octanol–water partition coefficient (Wildman–Crippen LogP) is -1.20. The van der Waals surface area contributed by atoms with Crippen molar-refractivity contribution in [2.24, 2.45) is 11.7 Å². The molecule has 74 valence electrons. The summed E-state index contributed by atoms with van der Waals surface area (Å²) in [5.74, 6) is -0.303. The summed E-state index contributed by atoms with van der Waals surface area (Å²) in [6, 6.07) is 0. The summed E-state index contributed by atoms with van der Waals surface area (Å²) in [7, 11) is 0. The van der Waals surface area contributed by atoms with Gasteiger partial charge in [-0.25, -0.2) is 0 Å². The van der Waals surface area contributed by atoms with Crippen molar-refractivity contribution >= 4 is 32.4 Å². The molecule has 0 saturated heterocycles. The molecule has 4 N–H and O–H groups in total. The van der Waals surface area contributed by atoms with Gasteiger partial charge in [-0.1, -0.05) is 0 Å². The van der Waals surface area contributed by atoms with Gasteiger partial charge in [-0.15, -0.1) is 0 Å². The minimum atomic E-state index is -0.225. The monoisotopic (exact) mass is 315 g/mol. The molecule has 1 aliphatic heterocycles. The number of amides is 1. The number of hydrogen-bond acceptors (Lipinski definition) is 3. The van der Waals surface area contributed by atoms with Crippen molar-refractivity contribution in [2.45, 2.75) is 11.7 Å². The van der Waals surface area contributed by atoms with E-state index < -0.39 is 0 Å². The van der Waals surface area contributed by atoms with Gasteiger partial charge in [-0.2, -0.15) is 0 Å². The molecule has 1 aliphatic rings. The molecule has 0 aromatic carbocycles. The summed E-state index contributed by atoms with van der Waals surface area (Å²) < 4.78 is 3.14. The molecule has 0 aliphatic carbocycles. The van der Waals surface area contributed by atoms with E-state index in [1.807, 2.05) is 0 Å². The van der Waals surface area contributed by atoms with Gasteiger partial charge in [0.15, 0.2) is 0 Å². The number of hydrogen-bond donors (Lipinski definition) is 3. The molecule has 6 heteroatoms. The number of nitrogens with two attached hydrogens (primary N) is 1.